The van der Waals surface area contributed by atoms with Crippen LogP contribution in [-0.4, -0.2) is 42.5 Å². The van der Waals surface area contributed by atoms with Gasteiger partial charge in [0.1, 0.15) is 28.2 Å². The molecule has 1 aliphatic rings. The lowest BCUT2D eigenvalue weighted by Gasteiger charge is -2.34. The van der Waals surface area contributed by atoms with Crippen molar-refractivity contribution in [3.05, 3.63) is 52.6 Å². The van der Waals surface area contributed by atoms with E-state index in [1.165, 1.54) is 0 Å². The molecule has 1 aliphatic heterocycles. The Morgan fingerprint density at radius 1 is 1.21 bits per heavy atom. The molecule has 0 spiro atoms. The van der Waals surface area contributed by atoms with Gasteiger partial charge >= 0.3 is 0 Å². The number of piperidine rings is 1. The molecule has 34 heavy (non-hydrogen) atoms. The van der Waals surface area contributed by atoms with E-state index in [0.717, 1.165) is 11.8 Å². The normalized spacial score (nSPS) is 14.6. The first-order valence-electron chi connectivity index (χ1n) is 11.1. The summed E-state index contributed by atoms with van der Waals surface area (Å²) in [5.74, 6) is -0.249. The molecule has 10 heteroatoms. The van der Waals surface area contributed by atoms with Gasteiger partial charge in [0.25, 0.3) is 0 Å². The lowest BCUT2D eigenvalue weighted by Crippen LogP contribution is -2.46. The molecule has 1 saturated heterocycles. The highest BCUT2D eigenvalue weighted by molar-refractivity contribution is 8.00. The number of carbonyl (C=O) groups is 2. The van der Waals surface area contributed by atoms with Crippen molar-refractivity contribution in [2.45, 2.75) is 42.5 Å². The number of hydrogen-bond donors (Lipinski definition) is 3. The van der Waals surface area contributed by atoms with Crippen LogP contribution in [0, 0.1) is 22.7 Å². The van der Waals surface area contributed by atoms with E-state index in [9.17, 15) is 20.1 Å². The molecule has 176 valence electrons. The monoisotopic (exact) mass is 477 g/mol. The molecular formula is C24H27N7O2S. The van der Waals surface area contributed by atoms with Crippen molar-refractivity contribution in [1.82, 2.24) is 10.3 Å². The number of aromatic nitrogens is 1. The maximum absolute atomic E-state index is 12.3. The summed E-state index contributed by atoms with van der Waals surface area (Å²) in [6.45, 7) is 2.98. The minimum atomic E-state index is -0.733. The van der Waals surface area contributed by atoms with E-state index in [2.05, 4.69) is 17.5 Å². The van der Waals surface area contributed by atoms with E-state index < -0.39 is 11.2 Å². The number of nitrogens with one attached hydrogen (secondary N) is 1. The summed E-state index contributed by atoms with van der Waals surface area (Å²) in [7, 11) is 0. The van der Waals surface area contributed by atoms with Crippen molar-refractivity contribution in [2.24, 2.45) is 11.5 Å². The van der Waals surface area contributed by atoms with Gasteiger partial charge in [0.05, 0.1) is 17.7 Å². The van der Waals surface area contributed by atoms with Crippen LogP contribution >= 0.6 is 11.8 Å². The number of benzene rings is 1. The second-order valence-electron chi connectivity index (χ2n) is 7.89. The Bertz CT molecular complexity index is 1130. The van der Waals surface area contributed by atoms with Crippen molar-refractivity contribution in [1.29, 1.82) is 10.5 Å². The third kappa shape index (κ3) is 5.48. The van der Waals surface area contributed by atoms with E-state index in [1.54, 1.807) is 12.1 Å². The van der Waals surface area contributed by atoms with Gasteiger partial charge in [-0.1, -0.05) is 49.0 Å². The van der Waals surface area contributed by atoms with E-state index >= 15 is 0 Å². The van der Waals surface area contributed by atoms with Crippen LogP contribution in [0.15, 0.2) is 35.4 Å². The second-order valence-corrected chi connectivity index (χ2v) is 8.98. The Balaban J connectivity index is 1.99. The van der Waals surface area contributed by atoms with Crippen LogP contribution in [-0.2, 0) is 16.0 Å². The summed E-state index contributed by atoms with van der Waals surface area (Å²) >= 11 is 1.12. The summed E-state index contributed by atoms with van der Waals surface area (Å²) < 4.78 is 0. The van der Waals surface area contributed by atoms with Gasteiger partial charge in [0.15, 0.2) is 0 Å². The predicted octanol–water partition coefficient (Wildman–Crippen LogP) is 1.75. The molecule has 1 aromatic heterocycles. The largest absolute Gasteiger partial charge is 0.368 e. The Hall–Kier alpha value is -3.60. The van der Waals surface area contributed by atoms with Crippen LogP contribution in [0.1, 0.15) is 47.3 Å². The molecule has 1 aromatic carbocycles. The minimum Gasteiger partial charge on any atom is -0.368 e. The van der Waals surface area contributed by atoms with Gasteiger partial charge < -0.3 is 21.7 Å². The van der Waals surface area contributed by atoms with Gasteiger partial charge in [-0.3, -0.25) is 9.59 Å². The van der Waals surface area contributed by atoms with Crippen LogP contribution < -0.4 is 21.7 Å². The van der Waals surface area contributed by atoms with E-state index in [1.807, 2.05) is 30.0 Å². The summed E-state index contributed by atoms with van der Waals surface area (Å²) in [5.41, 5.74) is 13.1. The fourth-order valence-electron chi connectivity index (χ4n) is 4.05. The van der Waals surface area contributed by atoms with E-state index in [4.69, 9.17) is 16.5 Å². The smallest absolute Gasteiger partial charge is 0.235 e. The molecule has 0 radical (unpaired) electrons. The first kappa shape index (κ1) is 25.0. The highest BCUT2D eigenvalue weighted by Crippen LogP contribution is 2.39. The second kappa shape index (κ2) is 11.5. The van der Waals surface area contributed by atoms with Crippen molar-refractivity contribution >= 4 is 29.4 Å². The Morgan fingerprint density at radius 2 is 1.85 bits per heavy atom. The number of nitrogens with zero attached hydrogens (tertiary/aromatic N) is 4. The molecule has 3 rings (SSSR count). The van der Waals surface area contributed by atoms with Crippen LogP contribution in [0.25, 0.3) is 0 Å². The summed E-state index contributed by atoms with van der Waals surface area (Å²) in [6.07, 6.45) is 1.82. The van der Waals surface area contributed by atoms with Gasteiger partial charge in [-0.25, -0.2) is 4.98 Å². The van der Waals surface area contributed by atoms with Crippen LogP contribution in [0.4, 0.5) is 5.82 Å². The molecule has 5 N–H and O–H groups in total. The number of nitrogens with two attached hydrogens (primary N) is 2. The van der Waals surface area contributed by atoms with Crippen molar-refractivity contribution in [2.75, 3.05) is 24.5 Å². The lowest BCUT2D eigenvalue weighted by molar-refractivity contribution is -0.120. The third-order valence-corrected chi connectivity index (χ3v) is 7.02. The fourth-order valence-corrected chi connectivity index (χ4v) is 5.11. The molecule has 2 amide bonds. The number of anilines is 1. The molecule has 0 aliphatic carbocycles. The molecule has 0 bridgehead atoms. The van der Waals surface area contributed by atoms with Gasteiger partial charge in [-0.15, -0.1) is 0 Å². The summed E-state index contributed by atoms with van der Waals surface area (Å²) in [6, 6.07) is 13.5. The van der Waals surface area contributed by atoms with Gasteiger partial charge in [0.2, 0.25) is 11.8 Å². The average Bonchev–Trinajstić information content (AvgIpc) is 2.86. The zero-order chi connectivity index (χ0) is 24.7. The van der Waals surface area contributed by atoms with Gasteiger partial charge in [-0.05, 0) is 30.4 Å². The maximum Gasteiger partial charge on any atom is 0.235 e. The summed E-state index contributed by atoms with van der Waals surface area (Å²) in [5, 5.41) is 22.4. The number of primary amides is 1. The van der Waals surface area contributed by atoms with Gasteiger partial charge in [0, 0.05) is 19.1 Å². The average molecular weight is 478 g/mol. The van der Waals surface area contributed by atoms with Crippen molar-refractivity contribution in [3.8, 4) is 12.1 Å². The standard InChI is InChI=1S/C24H27N7O2S/c1-2-17-18(12-25)23(31-10-8-16(9-11-31)29-20(32)14-27)30-24(19(17)13-26)34-21(22(28)33)15-6-4-3-5-7-15/h3-7,16,21H,2,8-11,14,27H2,1H3,(H2,28,33)(H,29,32). The minimum absolute atomic E-state index is 0.00744. The Morgan fingerprint density at radius 3 is 2.38 bits per heavy atom. The third-order valence-electron chi connectivity index (χ3n) is 5.76. The SMILES string of the molecule is CCc1c(C#N)c(SC(C(N)=O)c2ccccc2)nc(N2CCC(NC(=O)CN)CC2)c1C#N. The molecule has 1 atom stereocenters. The molecular weight excluding hydrogens is 450 g/mol. The van der Waals surface area contributed by atoms with E-state index in [0.29, 0.717) is 65.4 Å². The van der Waals surface area contributed by atoms with Crippen LogP contribution in [0.5, 0.6) is 0 Å². The molecule has 0 saturated carbocycles. The Labute approximate surface area is 203 Å². The molecule has 2 heterocycles. The molecule has 2 aromatic rings. The number of amides is 2. The predicted molar refractivity (Wildman–Crippen MR) is 130 cm³/mol. The Kier molecular flexibility index (Phi) is 8.47. The topological polar surface area (TPSA) is 162 Å². The van der Waals surface area contributed by atoms with Crippen LogP contribution in [0.3, 0.4) is 0 Å². The van der Waals surface area contributed by atoms with Crippen LogP contribution in [0.2, 0.25) is 0 Å². The zero-order valence-corrected chi connectivity index (χ0v) is 19.8. The van der Waals surface area contributed by atoms with Crippen molar-refractivity contribution in [3.63, 3.8) is 0 Å². The highest BCUT2D eigenvalue weighted by Gasteiger charge is 2.29. The van der Waals surface area contributed by atoms with Crippen molar-refractivity contribution < 1.29 is 9.59 Å². The maximum atomic E-state index is 12.3. The van der Waals surface area contributed by atoms with Gasteiger partial charge in [-0.2, -0.15) is 10.5 Å². The fraction of sp³-hybridized carbons (Fsp3) is 0.375. The number of carbonyl (C=O) groups excluding carboxylic acids is 2. The number of nitriles is 2. The first-order chi connectivity index (χ1) is 16.4. The zero-order valence-electron chi connectivity index (χ0n) is 19.0. The number of thioether (sulfide) groups is 1. The molecule has 9 nitrogen and oxygen atoms in total. The summed E-state index contributed by atoms with van der Waals surface area (Å²) in [4.78, 5) is 30.7. The number of hydrogen-bond acceptors (Lipinski definition) is 8. The van der Waals surface area contributed by atoms with E-state index in [-0.39, 0.29) is 18.5 Å². The lowest BCUT2D eigenvalue weighted by atomic mass is 10.00. The molecule has 1 unspecified atom stereocenters. The first-order valence-corrected chi connectivity index (χ1v) is 11.9. The number of rotatable bonds is 8. The highest BCUT2D eigenvalue weighted by atomic mass is 32.2. The number of pyridine rings is 1. The quantitative estimate of drug-likeness (QED) is 0.484. The molecule has 1 fully saturated rings.